The van der Waals surface area contributed by atoms with Gasteiger partial charge in [-0.3, -0.25) is 9.59 Å². The topological polar surface area (TPSA) is 75.6 Å². The molecule has 2 N–H and O–H groups in total. The van der Waals surface area contributed by atoms with E-state index in [9.17, 15) is 14.0 Å². The van der Waals surface area contributed by atoms with Gasteiger partial charge in [0.25, 0.3) is 0 Å². The first-order valence-electron chi connectivity index (χ1n) is 6.32. The summed E-state index contributed by atoms with van der Waals surface area (Å²) in [5.74, 6) is -3.00. The van der Waals surface area contributed by atoms with Crippen LogP contribution in [0.2, 0.25) is 0 Å². The number of anilines is 1. The summed E-state index contributed by atoms with van der Waals surface area (Å²) < 4.78 is 18.5. The number of ether oxygens (including phenoxy) is 1. The molecule has 1 aromatic rings. The maximum absolute atomic E-state index is 13.6. The molecule has 5 nitrogen and oxygen atoms in total. The summed E-state index contributed by atoms with van der Waals surface area (Å²) in [5, 5.41) is 11.5. The third kappa shape index (κ3) is 2.59. The minimum atomic E-state index is -0.964. The quantitative estimate of drug-likeness (QED) is 0.887. The first-order valence-corrected chi connectivity index (χ1v) is 6.32. The number of aryl methyl sites for hydroxylation is 1. The number of methoxy groups -OCH3 is 1. The van der Waals surface area contributed by atoms with Gasteiger partial charge in [-0.25, -0.2) is 4.39 Å². The lowest BCUT2D eigenvalue weighted by atomic mass is 9.73. The molecule has 2 atom stereocenters. The monoisotopic (exact) mass is 281 g/mol. The zero-order valence-corrected chi connectivity index (χ0v) is 11.3. The van der Waals surface area contributed by atoms with Gasteiger partial charge in [0.2, 0.25) is 5.91 Å². The second-order valence-electron chi connectivity index (χ2n) is 4.92. The highest BCUT2D eigenvalue weighted by Gasteiger charge is 2.41. The van der Waals surface area contributed by atoms with Gasteiger partial charge < -0.3 is 15.2 Å². The van der Waals surface area contributed by atoms with Gasteiger partial charge in [0.05, 0.1) is 18.9 Å². The van der Waals surface area contributed by atoms with Crippen LogP contribution in [0.25, 0.3) is 0 Å². The SMILES string of the molecule is COc1cc(C)c(NC(=O)C2CCC2C(=O)O)cc1F. The number of hydrogen-bond acceptors (Lipinski definition) is 3. The molecule has 1 saturated carbocycles. The van der Waals surface area contributed by atoms with Crippen molar-refractivity contribution in [2.24, 2.45) is 11.8 Å². The van der Waals surface area contributed by atoms with Gasteiger partial charge in [-0.1, -0.05) is 0 Å². The smallest absolute Gasteiger partial charge is 0.307 e. The fraction of sp³-hybridized carbons (Fsp3) is 0.429. The molecule has 0 aliphatic heterocycles. The summed E-state index contributed by atoms with van der Waals surface area (Å²) in [7, 11) is 1.36. The summed E-state index contributed by atoms with van der Waals surface area (Å²) in [6.45, 7) is 1.72. The van der Waals surface area contributed by atoms with Crippen molar-refractivity contribution < 1.29 is 23.8 Å². The summed E-state index contributed by atoms with van der Waals surface area (Å²) in [6.07, 6.45) is 1.05. The maximum Gasteiger partial charge on any atom is 0.307 e. The van der Waals surface area contributed by atoms with Crippen LogP contribution in [-0.2, 0) is 9.59 Å². The maximum atomic E-state index is 13.6. The number of rotatable bonds is 4. The van der Waals surface area contributed by atoms with Gasteiger partial charge in [0.15, 0.2) is 11.6 Å². The van der Waals surface area contributed by atoms with Crippen molar-refractivity contribution in [3.05, 3.63) is 23.5 Å². The zero-order chi connectivity index (χ0) is 14.9. The van der Waals surface area contributed by atoms with Crippen LogP contribution in [0, 0.1) is 24.6 Å². The molecule has 2 rings (SSSR count). The second-order valence-corrected chi connectivity index (χ2v) is 4.92. The Bertz CT molecular complexity index is 558. The number of carboxylic acids is 1. The Kier molecular flexibility index (Phi) is 3.92. The first kappa shape index (κ1) is 14.3. The number of carbonyl (C=O) groups is 2. The molecule has 0 spiro atoms. The third-order valence-electron chi connectivity index (χ3n) is 3.69. The molecule has 2 unspecified atom stereocenters. The van der Waals surface area contributed by atoms with E-state index in [1.165, 1.54) is 19.2 Å². The average molecular weight is 281 g/mol. The van der Waals surface area contributed by atoms with Crippen molar-refractivity contribution in [3.8, 4) is 5.75 Å². The number of amides is 1. The van der Waals surface area contributed by atoms with Gasteiger partial charge in [0, 0.05) is 11.8 Å². The summed E-state index contributed by atoms with van der Waals surface area (Å²) in [6, 6.07) is 2.67. The van der Waals surface area contributed by atoms with Gasteiger partial charge >= 0.3 is 5.97 Å². The number of carboxylic acid groups (broad SMARTS) is 1. The molecular formula is C14H16FNO4. The predicted molar refractivity (Wildman–Crippen MR) is 70.2 cm³/mol. The summed E-state index contributed by atoms with van der Waals surface area (Å²) >= 11 is 0. The average Bonchev–Trinajstić information content (AvgIpc) is 2.31. The lowest BCUT2D eigenvalue weighted by Gasteiger charge is -2.32. The van der Waals surface area contributed by atoms with Gasteiger partial charge in [-0.15, -0.1) is 0 Å². The Morgan fingerprint density at radius 3 is 2.50 bits per heavy atom. The van der Waals surface area contributed by atoms with Crippen LogP contribution >= 0.6 is 0 Å². The fourth-order valence-electron chi connectivity index (χ4n) is 2.28. The van der Waals surface area contributed by atoms with Crippen LogP contribution in [0.1, 0.15) is 18.4 Å². The molecule has 108 valence electrons. The van der Waals surface area contributed by atoms with Crippen LogP contribution in [0.4, 0.5) is 10.1 Å². The molecule has 0 saturated heterocycles. The molecule has 0 heterocycles. The van der Waals surface area contributed by atoms with E-state index < -0.39 is 23.6 Å². The standard InChI is InChI=1S/C14H16FNO4/c1-7-5-12(20-2)10(15)6-11(7)16-13(17)8-3-4-9(8)14(18)19/h5-6,8-9H,3-4H2,1-2H3,(H,16,17)(H,18,19). The molecule has 6 heteroatoms. The molecule has 0 radical (unpaired) electrons. The van der Waals surface area contributed by atoms with Crippen molar-refractivity contribution in [2.75, 3.05) is 12.4 Å². The number of benzene rings is 1. The highest BCUT2D eigenvalue weighted by Crippen LogP contribution is 2.36. The molecule has 1 aliphatic carbocycles. The van der Waals surface area contributed by atoms with E-state index in [4.69, 9.17) is 9.84 Å². The zero-order valence-electron chi connectivity index (χ0n) is 11.3. The highest BCUT2D eigenvalue weighted by molar-refractivity contribution is 5.96. The van der Waals surface area contributed by atoms with Crippen molar-refractivity contribution in [2.45, 2.75) is 19.8 Å². The van der Waals surface area contributed by atoms with E-state index in [2.05, 4.69) is 5.32 Å². The molecule has 0 aromatic heterocycles. The lowest BCUT2D eigenvalue weighted by Crippen LogP contribution is -2.41. The van der Waals surface area contributed by atoms with Crippen LogP contribution in [0.5, 0.6) is 5.75 Å². The third-order valence-corrected chi connectivity index (χ3v) is 3.69. The van der Waals surface area contributed by atoms with E-state index in [1.807, 2.05) is 0 Å². The second kappa shape index (κ2) is 5.48. The van der Waals surface area contributed by atoms with Crippen molar-refractivity contribution in [1.82, 2.24) is 0 Å². The highest BCUT2D eigenvalue weighted by atomic mass is 19.1. The van der Waals surface area contributed by atoms with Crippen LogP contribution < -0.4 is 10.1 Å². The van der Waals surface area contributed by atoms with Gasteiger partial charge in [0.1, 0.15) is 0 Å². The Balaban J connectivity index is 2.12. The Labute approximate surface area is 115 Å². The van der Waals surface area contributed by atoms with Gasteiger partial charge in [-0.05, 0) is 31.4 Å². The number of aliphatic carboxylic acids is 1. The number of halogens is 1. The summed E-state index contributed by atoms with van der Waals surface area (Å²) in [5.41, 5.74) is 0.993. The van der Waals surface area contributed by atoms with E-state index >= 15 is 0 Å². The van der Waals surface area contributed by atoms with Crippen molar-refractivity contribution >= 4 is 17.6 Å². The molecule has 1 fully saturated rings. The molecule has 1 aromatic carbocycles. The van der Waals surface area contributed by atoms with E-state index in [-0.39, 0.29) is 11.7 Å². The molecule has 20 heavy (non-hydrogen) atoms. The van der Waals surface area contributed by atoms with Gasteiger partial charge in [-0.2, -0.15) is 0 Å². The Hall–Kier alpha value is -2.11. The molecular weight excluding hydrogens is 265 g/mol. The summed E-state index contributed by atoms with van der Waals surface area (Å²) in [4.78, 5) is 22.9. The van der Waals surface area contributed by atoms with Crippen LogP contribution in [-0.4, -0.2) is 24.1 Å². The number of nitrogens with one attached hydrogen (secondary N) is 1. The normalized spacial score (nSPS) is 20.9. The molecule has 0 bridgehead atoms. The van der Waals surface area contributed by atoms with Crippen LogP contribution in [0.3, 0.4) is 0 Å². The van der Waals surface area contributed by atoms with Crippen molar-refractivity contribution in [1.29, 1.82) is 0 Å². The fourth-order valence-corrected chi connectivity index (χ4v) is 2.28. The largest absolute Gasteiger partial charge is 0.494 e. The minimum absolute atomic E-state index is 0.104. The minimum Gasteiger partial charge on any atom is -0.494 e. The Morgan fingerprint density at radius 2 is 2.00 bits per heavy atom. The number of hydrogen-bond donors (Lipinski definition) is 2. The van der Waals surface area contributed by atoms with Crippen molar-refractivity contribution in [3.63, 3.8) is 0 Å². The van der Waals surface area contributed by atoms with E-state index in [0.717, 1.165) is 0 Å². The predicted octanol–water partition coefficient (Wildman–Crippen LogP) is 2.19. The molecule has 1 amide bonds. The van der Waals surface area contributed by atoms with E-state index in [0.29, 0.717) is 24.1 Å². The Morgan fingerprint density at radius 1 is 1.35 bits per heavy atom. The van der Waals surface area contributed by atoms with Crippen LogP contribution in [0.15, 0.2) is 12.1 Å². The first-order chi connectivity index (χ1) is 9.43. The lowest BCUT2D eigenvalue weighted by molar-refractivity contribution is -0.151. The molecule has 1 aliphatic rings. The number of carbonyl (C=O) groups excluding carboxylic acids is 1. The van der Waals surface area contributed by atoms with E-state index in [1.54, 1.807) is 6.92 Å².